The average Bonchev–Trinajstić information content (AvgIpc) is 2.87. The van der Waals surface area contributed by atoms with Gasteiger partial charge >= 0.3 is 0 Å². The van der Waals surface area contributed by atoms with Crippen LogP contribution in [0, 0.1) is 5.41 Å². The number of allylic oxidation sites excluding steroid dienone is 3. The molecule has 1 unspecified atom stereocenters. The average molecular weight is 629 g/mol. The van der Waals surface area contributed by atoms with Crippen LogP contribution >= 0.6 is 69.6 Å². The Bertz CT molecular complexity index is 1050. The van der Waals surface area contributed by atoms with Gasteiger partial charge in [0.2, 0.25) is 5.24 Å². The van der Waals surface area contributed by atoms with Crippen molar-refractivity contribution in [2.75, 3.05) is 11.8 Å². The number of alkyl halides is 2. The van der Waals surface area contributed by atoms with Crippen LogP contribution in [0.5, 0.6) is 5.75 Å². The third kappa shape index (κ3) is 15.2. The maximum atomic E-state index is 10.8. The molecule has 2 rings (SSSR count). The van der Waals surface area contributed by atoms with Crippen LogP contribution in [0.1, 0.15) is 19.4 Å². The molecular formula is C26H24Cl6O5. The second kappa shape index (κ2) is 19.2. The van der Waals surface area contributed by atoms with Gasteiger partial charge in [0.1, 0.15) is 5.75 Å². The molecule has 0 N–H and O–H groups in total. The highest BCUT2D eigenvalue weighted by Gasteiger charge is 2.29. The first-order valence-corrected chi connectivity index (χ1v) is 13.0. The Hall–Kier alpha value is -1.86. The molecule has 200 valence electrons. The highest BCUT2D eigenvalue weighted by Crippen LogP contribution is 2.23. The van der Waals surface area contributed by atoms with Gasteiger partial charge in [-0.2, -0.15) is 0 Å². The first-order chi connectivity index (χ1) is 17.4. The van der Waals surface area contributed by atoms with Crippen LogP contribution < -0.4 is 4.74 Å². The molecule has 0 aliphatic rings. The standard InChI is InChI=1S/C12H8Cl2O2.C9H9ClO2.C5H7Cl3O/c13-11(15)10(12(14)16)8-4-7-9-5-2-1-3-6-9;1-7(9(10)11)12-8-5-3-2-4-6-8;1-5(2-6,3-7)4(8)9/h1-8H;2-7H,1H3;2-3H2,1H3. The van der Waals surface area contributed by atoms with Crippen LogP contribution in [-0.2, 0) is 19.2 Å². The Morgan fingerprint density at radius 3 is 1.65 bits per heavy atom. The van der Waals surface area contributed by atoms with Crippen LogP contribution in [0.15, 0.2) is 78.4 Å². The van der Waals surface area contributed by atoms with E-state index >= 15 is 0 Å². The molecule has 0 fully saturated rings. The molecule has 0 saturated carbocycles. The maximum absolute atomic E-state index is 10.8. The Labute approximate surface area is 246 Å². The monoisotopic (exact) mass is 626 g/mol. The lowest BCUT2D eigenvalue weighted by molar-refractivity contribution is -0.118. The van der Waals surface area contributed by atoms with Gasteiger partial charge in [0.05, 0.1) is 11.0 Å². The minimum Gasteiger partial charge on any atom is -0.482 e. The molecule has 0 heterocycles. The van der Waals surface area contributed by atoms with Crippen molar-refractivity contribution in [1.82, 2.24) is 0 Å². The second-order valence-electron chi connectivity index (χ2n) is 7.38. The largest absolute Gasteiger partial charge is 0.482 e. The number of carbonyl (C=O) groups excluding carboxylic acids is 4. The summed E-state index contributed by atoms with van der Waals surface area (Å²) in [4.78, 5) is 42.7. The molecule has 0 spiro atoms. The van der Waals surface area contributed by atoms with E-state index in [1.165, 1.54) is 6.08 Å². The molecule has 2 aromatic rings. The molecule has 1 atom stereocenters. The van der Waals surface area contributed by atoms with Gasteiger partial charge in [-0.05, 0) is 84.0 Å². The third-order valence-electron chi connectivity index (χ3n) is 4.21. The fraction of sp³-hybridized carbons (Fsp3) is 0.231. The highest BCUT2D eigenvalue weighted by atomic mass is 35.5. The Morgan fingerprint density at radius 2 is 1.30 bits per heavy atom. The number of rotatable bonds is 10. The van der Waals surface area contributed by atoms with Crippen LogP contribution in [-0.4, -0.2) is 38.8 Å². The molecule has 0 saturated heterocycles. The summed E-state index contributed by atoms with van der Waals surface area (Å²) in [5.41, 5.74) is -0.0531. The molecule has 5 nitrogen and oxygen atoms in total. The Kier molecular flexibility index (Phi) is 18.3. The van der Waals surface area contributed by atoms with Gasteiger partial charge in [-0.1, -0.05) is 60.7 Å². The molecular weight excluding hydrogens is 605 g/mol. The fourth-order valence-electron chi connectivity index (χ4n) is 1.92. The van der Waals surface area contributed by atoms with E-state index < -0.39 is 32.5 Å². The number of hydrogen-bond donors (Lipinski definition) is 0. The van der Waals surface area contributed by atoms with E-state index in [-0.39, 0.29) is 17.3 Å². The zero-order valence-corrected chi connectivity index (χ0v) is 24.3. The van der Waals surface area contributed by atoms with Crippen molar-refractivity contribution in [2.24, 2.45) is 5.41 Å². The van der Waals surface area contributed by atoms with E-state index in [1.807, 2.05) is 48.5 Å². The van der Waals surface area contributed by atoms with Crippen LogP contribution in [0.4, 0.5) is 0 Å². The van der Waals surface area contributed by atoms with Crippen LogP contribution in [0.3, 0.4) is 0 Å². The van der Waals surface area contributed by atoms with Gasteiger partial charge in [0.25, 0.3) is 15.7 Å². The maximum Gasteiger partial charge on any atom is 0.262 e. The lowest BCUT2D eigenvalue weighted by atomic mass is 9.99. The van der Waals surface area contributed by atoms with Crippen molar-refractivity contribution in [3.63, 3.8) is 0 Å². The lowest BCUT2D eigenvalue weighted by Crippen LogP contribution is -2.27. The van der Waals surface area contributed by atoms with E-state index in [2.05, 4.69) is 0 Å². The van der Waals surface area contributed by atoms with Gasteiger partial charge in [0, 0.05) is 11.8 Å². The summed E-state index contributed by atoms with van der Waals surface area (Å²) in [5.74, 6) is 0.983. The molecule has 2 aromatic carbocycles. The van der Waals surface area contributed by atoms with Gasteiger partial charge in [-0.15, -0.1) is 23.2 Å². The van der Waals surface area contributed by atoms with Gasteiger partial charge in [0.15, 0.2) is 6.10 Å². The molecule has 0 aliphatic carbocycles. The van der Waals surface area contributed by atoms with E-state index in [0.717, 1.165) is 5.56 Å². The van der Waals surface area contributed by atoms with Crippen LogP contribution in [0.2, 0.25) is 0 Å². The van der Waals surface area contributed by atoms with Gasteiger partial charge in [-0.25, -0.2) is 0 Å². The summed E-state index contributed by atoms with van der Waals surface area (Å²) >= 11 is 31.6. The van der Waals surface area contributed by atoms with Crippen LogP contribution in [0.25, 0.3) is 6.08 Å². The first-order valence-electron chi connectivity index (χ1n) is 10.4. The predicted molar refractivity (Wildman–Crippen MR) is 153 cm³/mol. The lowest BCUT2D eigenvalue weighted by Gasteiger charge is -2.17. The molecule has 0 amide bonds. The van der Waals surface area contributed by atoms with Crippen molar-refractivity contribution in [1.29, 1.82) is 0 Å². The molecule has 0 aliphatic heterocycles. The summed E-state index contributed by atoms with van der Waals surface area (Å²) in [6, 6.07) is 18.5. The van der Waals surface area contributed by atoms with Gasteiger partial charge in [-0.3, -0.25) is 19.2 Å². The molecule has 0 bridgehead atoms. The van der Waals surface area contributed by atoms with E-state index in [0.29, 0.717) is 5.75 Å². The van der Waals surface area contributed by atoms with Gasteiger partial charge < -0.3 is 4.74 Å². The molecule has 0 radical (unpaired) electrons. The number of carbonyl (C=O) groups is 4. The highest BCUT2D eigenvalue weighted by molar-refractivity contribution is 6.79. The SMILES string of the molecule is CC(CCl)(CCl)C(=O)Cl.CC(Oc1ccccc1)C(=O)Cl.O=C(Cl)C(=CC=Cc1ccccc1)C(=O)Cl. The van der Waals surface area contributed by atoms with Crippen molar-refractivity contribution in [2.45, 2.75) is 20.0 Å². The van der Waals surface area contributed by atoms with E-state index in [4.69, 9.17) is 74.3 Å². The summed E-state index contributed by atoms with van der Waals surface area (Å²) in [7, 11) is 0. The number of ether oxygens (including phenoxy) is 1. The van der Waals surface area contributed by atoms with Crippen molar-refractivity contribution < 1.29 is 23.9 Å². The van der Waals surface area contributed by atoms with Crippen molar-refractivity contribution in [3.05, 3.63) is 84.0 Å². The summed E-state index contributed by atoms with van der Waals surface area (Å²) in [6.07, 6.45) is 3.98. The topological polar surface area (TPSA) is 77.5 Å². The van der Waals surface area contributed by atoms with Crippen molar-refractivity contribution >= 4 is 96.7 Å². The predicted octanol–water partition coefficient (Wildman–Crippen LogP) is 7.61. The zero-order chi connectivity index (χ0) is 28.4. The Morgan fingerprint density at radius 1 is 0.838 bits per heavy atom. The number of benzene rings is 2. The van der Waals surface area contributed by atoms with E-state index in [9.17, 15) is 19.2 Å². The second-order valence-corrected chi connectivity index (χ2v) is 9.31. The minimum atomic E-state index is -0.863. The number of hydrogen-bond acceptors (Lipinski definition) is 5. The molecule has 0 aromatic heterocycles. The third-order valence-corrected chi connectivity index (χ3v) is 6.57. The zero-order valence-electron chi connectivity index (χ0n) is 19.8. The smallest absolute Gasteiger partial charge is 0.262 e. The fourth-order valence-corrected chi connectivity index (χ4v) is 3.11. The quantitative estimate of drug-likeness (QED) is 0.0676. The van der Waals surface area contributed by atoms with E-state index in [1.54, 1.807) is 38.1 Å². The number of para-hydroxylation sites is 1. The first kappa shape index (κ1) is 35.1. The normalized spacial score (nSPS) is 11.1. The number of halogens is 6. The summed E-state index contributed by atoms with van der Waals surface area (Å²) in [5, 5.41) is -2.69. The van der Waals surface area contributed by atoms with Crippen molar-refractivity contribution in [3.8, 4) is 5.75 Å². The minimum absolute atomic E-state index is 0.166. The Balaban J connectivity index is 0.000000550. The summed E-state index contributed by atoms with van der Waals surface area (Å²) in [6.45, 7) is 3.24. The molecule has 37 heavy (non-hydrogen) atoms. The molecule has 11 heteroatoms. The summed E-state index contributed by atoms with van der Waals surface area (Å²) < 4.78 is 5.19.